The molecule has 2 rings (SSSR count). The van der Waals surface area contributed by atoms with Gasteiger partial charge >= 0.3 is 0 Å². The van der Waals surface area contributed by atoms with E-state index in [1.54, 1.807) is 0 Å². The Kier molecular flexibility index (Phi) is 4.82. The molecule has 0 amide bonds. The lowest BCUT2D eigenvalue weighted by molar-refractivity contribution is 0.176. The van der Waals surface area contributed by atoms with Crippen molar-refractivity contribution < 1.29 is 13.2 Å². The predicted molar refractivity (Wildman–Crippen MR) is 68.2 cm³/mol. The minimum atomic E-state index is -1.39. The molecule has 1 saturated heterocycles. The first kappa shape index (κ1) is 14.3. The van der Waals surface area contributed by atoms with Gasteiger partial charge in [0, 0.05) is 6.54 Å². The molecule has 19 heavy (non-hydrogen) atoms. The second-order valence-corrected chi connectivity index (χ2v) is 5.15. The van der Waals surface area contributed by atoms with Crippen molar-refractivity contribution in [2.24, 2.45) is 5.92 Å². The summed E-state index contributed by atoms with van der Waals surface area (Å²) in [6.45, 7) is 3.30. The second-order valence-electron chi connectivity index (χ2n) is 5.15. The van der Waals surface area contributed by atoms with E-state index in [9.17, 15) is 13.2 Å². The van der Waals surface area contributed by atoms with Crippen molar-refractivity contribution in [2.75, 3.05) is 26.7 Å². The maximum absolute atomic E-state index is 13.1. The van der Waals surface area contributed by atoms with Gasteiger partial charge in [0.1, 0.15) is 0 Å². The number of likely N-dealkylation sites (tertiary alicyclic amines) is 1. The van der Waals surface area contributed by atoms with Crippen LogP contribution in [0.1, 0.15) is 18.4 Å². The number of benzene rings is 1. The number of hydrogen-bond donors (Lipinski definition) is 1. The molecule has 0 atom stereocenters. The molecule has 1 aliphatic heterocycles. The molecule has 1 aliphatic rings. The van der Waals surface area contributed by atoms with Crippen molar-refractivity contribution in [3.63, 3.8) is 0 Å². The number of nitrogens with zero attached hydrogens (tertiary/aromatic N) is 1. The Morgan fingerprint density at radius 2 is 1.74 bits per heavy atom. The molecular formula is C14H19F3N2. The van der Waals surface area contributed by atoms with Crippen molar-refractivity contribution in [1.82, 2.24) is 10.2 Å². The molecular weight excluding hydrogens is 253 g/mol. The van der Waals surface area contributed by atoms with Gasteiger partial charge in [0.05, 0.1) is 0 Å². The Bertz CT molecular complexity index is 406. The molecule has 1 heterocycles. The number of halogens is 3. The van der Waals surface area contributed by atoms with Crippen LogP contribution in [-0.4, -0.2) is 31.6 Å². The van der Waals surface area contributed by atoms with E-state index < -0.39 is 17.5 Å². The molecule has 0 saturated carbocycles. The van der Waals surface area contributed by atoms with Crippen LogP contribution in [0.5, 0.6) is 0 Å². The lowest BCUT2D eigenvalue weighted by Gasteiger charge is -2.31. The summed E-state index contributed by atoms with van der Waals surface area (Å²) in [5, 5.41) is 3.16. The molecule has 106 valence electrons. The first-order chi connectivity index (χ1) is 9.10. The molecule has 0 radical (unpaired) electrons. The molecule has 0 aliphatic carbocycles. The van der Waals surface area contributed by atoms with Crippen LogP contribution < -0.4 is 5.32 Å². The van der Waals surface area contributed by atoms with E-state index in [-0.39, 0.29) is 0 Å². The van der Waals surface area contributed by atoms with Crippen molar-refractivity contribution in [3.05, 3.63) is 35.1 Å². The third-order valence-electron chi connectivity index (χ3n) is 3.65. The predicted octanol–water partition coefficient (Wildman–Crippen LogP) is 2.54. The minimum Gasteiger partial charge on any atom is -0.319 e. The SMILES string of the molecule is CNCC1CCN(Cc2cc(F)c(F)c(F)c2)CC1. The van der Waals surface area contributed by atoms with Crippen molar-refractivity contribution in [3.8, 4) is 0 Å². The lowest BCUT2D eigenvalue weighted by Crippen LogP contribution is -2.36. The molecule has 5 heteroatoms. The molecule has 1 N–H and O–H groups in total. The topological polar surface area (TPSA) is 15.3 Å². The zero-order valence-electron chi connectivity index (χ0n) is 11.1. The summed E-state index contributed by atoms with van der Waals surface area (Å²) < 4.78 is 39.1. The van der Waals surface area contributed by atoms with Crippen molar-refractivity contribution in [2.45, 2.75) is 19.4 Å². The minimum absolute atomic E-state index is 0.473. The van der Waals surface area contributed by atoms with E-state index in [0.717, 1.165) is 44.6 Å². The van der Waals surface area contributed by atoms with Gasteiger partial charge in [-0.1, -0.05) is 0 Å². The van der Waals surface area contributed by atoms with Gasteiger partial charge in [-0.2, -0.15) is 0 Å². The van der Waals surface area contributed by atoms with Gasteiger partial charge in [-0.05, 0) is 63.1 Å². The summed E-state index contributed by atoms with van der Waals surface area (Å²) in [4.78, 5) is 2.15. The van der Waals surface area contributed by atoms with Crippen LogP contribution in [0, 0.1) is 23.4 Å². The zero-order chi connectivity index (χ0) is 13.8. The van der Waals surface area contributed by atoms with E-state index in [2.05, 4.69) is 10.2 Å². The average Bonchev–Trinajstić information content (AvgIpc) is 2.38. The van der Waals surface area contributed by atoms with Gasteiger partial charge in [-0.15, -0.1) is 0 Å². The van der Waals surface area contributed by atoms with Gasteiger partial charge in [0.2, 0.25) is 0 Å². The van der Waals surface area contributed by atoms with Gasteiger partial charge in [0.15, 0.2) is 17.5 Å². The van der Waals surface area contributed by atoms with E-state index in [4.69, 9.17) is 0 Å². The molecule has 0 unspecified atom stereocenters. The number of piperidine rings is 1. The summed E-state index contributed by atoms with van der Waals surface area (Å²) in [7, 11) is 1.94. The fraction of sp³-hybridized carbons (Fsp3) is 0.571. The molecule has 1 aromatic rings. The molecule has 1 aromatic carbocycles. The highest BCUT2D eigenvalue weighted by molar-refractivity contribution is 5.19. The molecule has 0 bridgehead atoms. The van der Waals surface area contributed by atoms with Crippen LogP contribution in [0.3, 0.4) is 0 Å². The summed E-state index contributed by atoms with van der Waals surface area (Å²) in [5.41, 5.74) is 0.489. The molecule has 0 aromatic heterocycles. The first-order valence-electron chi connectivity index (χ1n) is 6.60. The summed E-state index contributed by atoms with van der Waals surface area (Å²) >= 11 is 0. The largest absolute Gasteiger partial charge is 0.319 e. The lowest BCUT2D eigenvalue weighted by atomic mass is 9.96. The van der Waals surface area contributed by atoms with E-state index in [1.165, 1.54) is 0 Å². The third-order valence-corrected chi connectivity index (χ3v) is 3.65. The third kappa shape index (κ3) is 3.70. The normalized spacial score (nSPS) is 17.9. The van der Waals surface area contributed by atoms with Gasteiger partial charge in [-0.25, -0.2) is 13.2 Å². The van der Waals surface area contributed by atoms with Crippen LogP contribution in [0.15, 0.2) is 12.1 Å². The van der Waals surface area contributed by atoms with E-state index in [0.29, 0.717) is 18.0 Å². The van der Waals surface area contributed by atoms with Gasteiger partial charge in [-0.3, -0.25) is 4.90 Å². The van der Waals surface area contributed by atoms with Crippen LogP contribution in [0.2, 0.25) is 0 Å². The molecule has 2 nitrogen and oxygen atoms in total. The average molecular weight is 272 g/mol. The molecule has 1 fully saturated rings. The highest BCUT2D eigenvalue weighted by Gasteiger charge is 2.19. The highest BCUT2D eigenvalue weighted by atomic mass is 19.2. The van der Waals surface area contributed by atoms with E-state index >= 15 is 0 Å². The van der Waals surface area contributed by atoms with Crippen LogP contribution >= 0.6 is 0 Å². The Morgan fingerprint density at radius 3 is 2.26 bits per heavy atom. The van der Waals surface area contributed by atoms with Crippen molar-refractivity contribution in [1.29, 1.82) is 0 Å². The van der Waals surface area contributed by atoms with Crippen molar-refractivity contribution >= 4 is 0 Å². The standard InChI is InChI=1S/C14H19F3N2/c1-18-8-10-2-4-19(5-3-10)9-11-6-12(15)14(17)13(16)7-11/h6-7,10,18H,2-5,8-9H2,1H3. The maximum atomic E-state index is 13.1. The Labute approximate surface area is 111 Å². The highest BCUT2D eigenvalue weighted by Crippen LogP contribution is 2.20. The van der Waals surface area contributed by atoms with Gasteiger partial charge in [0.25, 0.3) is 0 Å². The Hall–Kier alpha value is -1.07. The smallest absolute Gasteiger partial charge is 0.194 e. The van der Waals surface area contributed by atoms with Crippen LogP contribution in [0.4, 0.5) is 13.2 Å². The number of hydrogen-bond acceptors (Lipinski definition) is 2. The number of nitrogens with one attached hydrogen (secondary N) is 1. The quantitative estimate of drug-likeness (QED) is 0.847. The summed E-state index contributed by atoms with van der Waals surface area (Å²) in [5.74, 6) is -2.94. The first-order valence-corrected chi connectivity index (χ1v) is 6.60. The maximum Gasteiger partial charge on any atom is 0.194 e. The summed E-state index contributed by atoms with van der Waals surface area (Å²) in [6.07, 6.45) is 2.15. The summed E-state index contributed by atoms with van der Waals surface area (Å²) in [6, 6.07) is 2.16. The zero-order valence-corrected chi connectivity index (χ0v) is 11.1. The number of rotatable bonds is 4. The van der Waals surface area contributed by atoms with Crippen LogP contribution in [0.25, 0.3) is 0 Å². The van der Waals surface area contributed by atoms with Crippen LogP contribution in [-0.2, 0) is 6.54 Å². The Morgan fingerprint density at radius 1 is 1.16 bits per heavy atom. The van der Waals surface area contributed by atoms with E-state index in [1.807, 2.05) is 7.05 Å². The fourth-order valence-corrected chi connectivity index (χ4v) is 2.59. The monoisotopic (exact) mass is 272 g/mol. The second kappa shape index (κ2) is 6.39. The van der Waals surface area contributed by atoms with Gasteiger partial charge < -0.3 is 5.32 Å². The molecule has 0 spiro atoms. The fourth-order valence-electron chi connectivity index (χ4n) is 2.59. The Balaban J connectivity index is 1.92.